The average Bonchev–Trinajstić information content (AvgIpc) is 3.35. The van der Waals surface area contributed by atoms with Gasteiger partial charge in [0.2, 0.25) is 0 Å². The smallest absolute Gasteiger partial charge is 0.265 e. The largest absolute Gasteiger partial charge is 0.493 e. The van der Waals surface area contributed by atoms with Crippen molar-refractivity contribution in [2.75, 3.05) is 24.7 Å². The summed E-state index contributed by atoms with van der Waals surface area (Å²) in [5.41, 5.74) is 5.11. The number of amides is 1. The third-order valence-corrected chi connectivity index (χ3v) is 6.92. The highest BCUT2D eigenvalue weighted by atomic mass is 32.1. The predicted octanol–water partition coefficient (Wildman–Crippen LogP) is 6.29. The first-order valence-corrected chi connectivity index (χ1v) is 12.8. The molecule has 0 aliphatic carbocycles. The van der Waals surface area contributed by atoms with E-state index in [4.69, 9.17) is 14.5 Å². The second kappa shape index (κ2) is 10.7. The van der Waals surface area contributed by atoms with Crippen molar-refractivity contribution in [3.8, 4) is 22.8 Å². The third-order valence-electron chi connectivity index (χ3n) is 6.07. The molecule has 1 amide bonds. The zero-order valence-electron chi connectivity index (χ0n) is 19.8. The van der Waals surface area contributed by atoms with Crippen LogP contribution in [0.2, 0.25) is 0 Å². The molecule has 0 N–H and O–H groups in total. The summed E-state index contributed by atoms with van der Waals surface area (Å²) in [6, 6.07) is 24.4. The number of hydrogen-bond acceptors (Lipinski definition) is 5. The molecule has 0 radical (unpaired) electrons. The molecule has 0 fully saturated rings. The van der Waals surface area contributed by atoms with Crippen LogP contribution in [-0.2, 0) is 11.2 Å². The number of carbonyl (C=O) groups excluding carboxylic acids is 1. The Hall–Kier alpha value is -3.64. The number of nitrogens with zero attached hydrogens (tertiary/aromatic N) is 2. The summed E-state index contributed by atoms with van der Waals surface area (Å²) in [4.78, 5) is 19.4. The van der Waals surface area contributed by atoms with Crippen LogP contribution in [0.1, 0.15) is 29.0 Å². The number of fused-ring (bicyclic) bond motifs is 1. The molecule has 0 bridgehead atoms. The predicted molar refractivity (Wildman–Crippen MR) is 141 cm³/mol. The minimum absolute atomic E-state index is 0.0162. The van der Waals surface area contributed by atoms with Crippen LogP contribution in [0.25, 0.3) is 11.3 Å². The van der Waals surface area contributed by atoms with Crippen molar-refractivity contribution in [1.82, 2.24) is 4.98 Å². The van der Waals surface area contributed by atoms with Gasteiger partial charge in [-0.15, -0.1) is 11.3 Å². The van der Waals surface area contributed by atoms with E-state index in [9.17, 15) is 4.79 Å². The number of ether oxygens (including phenoxy) is 2. The summed E-state index contributed by atoms with van der Waals surface area (Å²) in [5, 5.41) is 3.15. The van der Waals surface area contributed by atoms with Gasteiger partial charge < -0.3 is 14.4 Å². The van der Waals surface area contributed by atoms with Crippen molar-refractivity contribution in [3.63, 3.8) is 0 Å². The molecule has 0 saturated heterocycles. The van der Waals surface area contributed by atoms with Crippen LogP contribution in [0.15, 0.2) is 78.2 Å². The number of carbonyl (C=O) groups is 1. The van der Waals surface area contributed by atoms with E-state index in [1.165, 1.54) is 5.56 Å². The topological polar surface area (TPSA) is 51.7 Å². The van der Waals surface area contributed by atoms with Crippen LogP contribution < -0.4 is 14.4 Å². The molecule has 5 nitrogen and oxygen atoms in total. The molecule has 5 rings (SSSR count). The minimum atomic E-state index is -0.0162. The molecule has 0 spiro atoms. The number of thiazole rings is 1. The van der Waals surface area contributed by atoms with Gasteiger partial charge in [0.1, 0.15) is 11.5 Å². The summed E-state index contributed by atoms with van der Waals surface area (Å²) < 4.78 is 11.6. The molecule has 0 atom stereocenters. The van der Waals surface area contributed by atoms with Crippen LogP contribution in [0, 0.1) is 6.92 Å². The monoisotopic (exact) mass is 484 g/mol. The normalized spacial score (nSPS) is 12.8. The van der Waals surface area contributed by atoms with Gasteiger partial charge in [0.15, 0.2) is 6.61 Å². The van der Waals surface area contributed by atoms with Crippen LogP contribution >= 0.6 is 11.3 Å². The van der Waals surface area contributed by atoms with Gasteiger partial charge in [-0.25, -0.2) is 4.98 Å². The molecule has 1 aliphatic heterocycles. The third kappa shape index (κ3) is 5.54. The fourth-order valence-electron chi connectivity index (χ4n) is 4.17. The van der Waals surface area contributed by atoms with E-state index in [-0.39, 0.29) is 12.5 Å². The maximum Gasteiger partial charge on any atom is 0.265 e. The molecule has 1 aliphatic rings. The van der Waals surface area contributed by atoms with Gasteiger partial charge in [0.25, 0.3) is 5.91 Å². The van der Waals surface area contributed by atoms with Gasteiger partial charge in [-0.2, -0.15) is 0 Å². The summed E-state index contributed by atoms with van der Waals surface area (Å²) in [7, 11) is 0. The van der Waals surface area contributed by atoms with Crippen LogP contribution in [0.3, 0.4) is 0 Å². The molecule has 0 unspecified atom stereocenters. The van der Waals surface area contributed by atoms with Gasteiger partial charge in [0.05, 0.1) is 23.0 Å². The zero-order valence-corrected chi connectivity index (χ0v) is 20.6. The Morgan fingerprint density at radius 2 is 1.86 bits per heavy atom. The number of hydrogen-bond donors (Lipinski definition) is 0. The summed E-state index contributed by atoms with van der Waals surface area (Å²) in [5.74, 6) is 1.64. The first-order valence-electron chi connectivity index (χ1n) is 11.9. The quantitative estimate of drug-likeness (QED) is 0.262. The molecule has 2 heterocycles. The Balaban J connectivity index is 1.24. The lowest BCUT2D eigenvalue weighted by molar-refractivity contribution is -0.121. The number of rotatable bonds is 9. The van der Waals surface area contributed by atoms with Crippen LogP contribution in [0.4, 0.5) is 5.69 Å². The second-order valence-electron chi connectivity index (χ2n) is 8.63. The van der Waals surface area contributed by atoms with Crippen LogP contribution in [0.5, 0.6) is 11.5 Å². The number of para-hydroxylation sites is 1. The van der Waals surface area contributed by atoms with Crippen molar-refractivity contribution >= 4 is 22.9 Å². The van der Waals surface area contributed by atoms with Crippen molar-refractivity contribution in [3.05, 3.63) is 94.3 Å². The number of aryl methyl sites for hydroxylation is 1. The van der Waals surface area contributed by atoms with E-state index in [0.29, 0.717) is 13.2 Å². The Labute approximate surface area is 210 Å². The molecule has 4 aromatic rings. The van der Waals surface area contributed by atoms with Gasteiger partial charge >= 0.3 is 0 Å². The summed E-state index contributed by atoms with van der Waals surface area (Å²) in [6.45, 7) is 3.37. The number of anilines is 1. The van der Waals surface area contributed by atoms with Gasteiger partial charge in [-0.3, -0.25) is 4.79 Å². The molecule has 0 saturated carbocycles. The highest BCUT2D eigenvalue weighted by Crippen LogP contribution is 2.36. The maximum atomic E-state index is 12.7. The first-order chi connectivity index (χ1) is 17.2. The highest BCUT2D eigenvalue weighted by molar-refractivity contribution is 7.10. The van der Waals surface area contributed by atoms with Gasteiger partial charge in [-0.05, 0) is 55.2 Å². The van der Waals surface area contributed by atoms with Crippen molar-refractivity contribution in [2.45, 2.75) is 26.2 Å². The standard InChI is InChI=1S/C29H28N2O3S/c1-21-9-5-6-12-26(21)33-16-8-7-15-31-25-18-23(13-14-27(25)34-19-29(31)32)24-20-35-28(30-24)17-22-10-3-2-4-11-22/h2-6,9-14,18,20H,7-8,15-17,19H2,1H3. The lowest BCUT2D eigenvalue weighted by atomic mass is 10.1. The number of unbranched alkanes of at least 4 members (excludes halogenated alkanes) is 1. The average molecular weight is 485 g/mol. The molecule has 1 aromatic heterocycles. The van der Waals surface area contributed by atoms with E-state index in [1.54, 1.807) is 11.3 Å². The fraction of sp³-hybridized carbons (Fsp3) is 0.241. The van der Waals surface area contributed by atoms with Gasteiger partial charge in [0, 0.05) is 23.9 Å². The SMILES string of the molecule is Cc1ccccc1OCCCCN1C(=O)COc2ccc(-c3csc(Cc4ccccc4)n3)cc21. The molecule has 6 heteroatoms. The van der Waals surface area contributed by atoms with E-state index in [1.807, 2.05) is 72.5 Å². The van der Waals surface area contributed by atoms with Crippen molar-refractivity contribution in [2.24, 2.45) is 0 Å². The zero-order chi connectivity index (χ0) is 24.0. The molecule has 35 heavy (non-hydrogen) atoms. The van der Waals surface area contributed by atoms with E-state index in [2.05, 4.69) is 17.5 Å². The Morgan fingerprint density at radius 1 is 1.03 bits per heavy atom. The molecular weight excluding hydrogens is 456 g/mol. The summed E-state index contributed by atoms with van der Waals surface area (Å²) >= 11 is 1.66. The maximum absolute atomic E-state index is 12.7. The lowest BCUT2D eigenvalue weighted by Crippen LogP contribution is -2.39. The van der Waals surface area contributed by atoms with Crippen molar-refractivity contribution in [1.29, 1.82) is 0 Å². The number of aromatic nitrogens is 1. The van der Waals surface area contributed by atoms with Crippen LogP contribution in [-0.4, -0.2) is 30.6 Å². The van der Waals surface area contributed by atoms with E-state index < -0.39 is 0 Å². The summed E-state index contributed by atoms with van der Waals surface area (Å²) in [6.07, 6.45) is 2.52. The Kier molecular flexibility index (Phi) is 7.09. The lowest BCUT2D eigenvalue weighted by Gasteiger charge is -2.29. The molecular formula is C29H28N2O3S. The highest BCUT2D eigenvalue weighted by Gasteiger charge is 2.26. The minimum Gasteiger partial charge on any atom is -0.493 e. The second-order valence-corrected chi connectivity index (χ2v) is 9.57. The van der Waals surface area contributed by atoms with Gasteiger partial charge in [-0.1, -0.05) is 48.5 Å². The first kappa shape index (κ1) is 23.1. The Bertz CT molecular complexity index is 1300. The molecule has 178 valence electrons. The van der Waals surface area contributed by atoms with E-state index in [0.717, 1.165) is 58.3 Å². The Morgan fingerprint density at radius 3 is 2.71 bits per heavy atom. The van der Waals surface area contributed by atoms with E-state index >= 15 is 0 Å². The molecule has 3 aromatic carbocycles. The van der Waals surface area contributed by atoms with Crippen molar-refractivity contribution < 1.29 is 14.3 Å². The fourth-order valence-corrected chi connectivity index (χ4v) is 5.01. The number of benzene rings is 3.